The number of nitro groups is 2. The number of phenols is 1. The van der Waals surface area contributed by atoms with Crippen LogP contribution in [-0.4, -0.2) is 52.7 Å². The third kappa shape index (κ3) is 5.15. The summed E-state index contributed by atoms with van der Waals surface area (Å²) in [4.78, 5) is 85.0. The van der Waals surface area contributed by atoms with Gasteiger partial charge in [-0.3, -0.25) is 39.4 Å². The highest BCUT2D eigenvalue weighted by atomic mass is 35.5. The second kappa shape index (κ2) is 12.9. The molecule has 0 radical (unpaired) electrons. The van der Waals surface area contributed by atoms with Crippen molar-refractivity contribution in [2.75, 3.05) is 28.8 Å². The number of allylic oxidation sites excluding steroid dienone is 2. The van der Waals surface area contributed by atoms with Crippen molar-refractivity contribution in [3.8, 4) is 5.75 Å². The van der Waals surface area contributed by atoms with E-state index in [1.54, 1.807) is 60.7 Å². The summed E-state index contributed by atoms with van der Waals surface area (Å²) in [7, 11) is 2.82. The smallest absolute Gasteiger partial charge is 0.301 e. The maximum Gasteiger partial charge on any atom is 0.301 e. The number of phenolic OH excluding ortho intramolecular Hbond substituents is 1. The van der Waals surface area contributed by atoms with Gasteiger partial charge in [0.15, 0.2) is 5.69 Å². The van der Waals surface area contributed by atoms with Gasteiger partial charge in [-0.25, -0.2) is 9.80 Å². The minimum Gasteiger partial charge on any atom is -0.508 e. The lowest BCUT2D eigenvalue weighted by Crippen LogP contribution is -2.53. The summed E-state index contributed by atoms with van der Waals surface area (Å²) in [6.45, 7) is 0. The van der Waals surface area contributed by atoms with Crippen molar-refractivity contribution >= 4 is 63.7 Å². The zero-order chi connectivity index (χ0) is 39.1. The highest BCUT2D eigenvalue weighted by Gasteiger charge is 2.70. The molecule has 55 heavy (non-hydrogen) atoms. The van der Waals surface area contributed by atoms with E-state index in [0.29, 0.717) is 21.7 Å². The SMILES string of the molecule is CN(C)c1c([N+](=O)[O-])cc(N2C(=O)C3CC=C4C(CC5C(=O)N(c6cccc(Cl)c6)C(=O)C5(c5ccccc5)C4c4ccc(O)cc4)C3C2=O)cc1[N+](=O)[O-]. The minimum absolute atomic E-state index is 0.00909. The number of amides is 4. The molecule has 278 valence electrons. The number of carbonyl (C=O) groups excluding carboxylic acids is 4. The summed E-state index contributed by atoms with van der Waals surface area (Å²) < 4.78 is 0. The van der Waals surface area contributed by atoms with Gasteiger partial charge in [0.05, 0.1) is 44.4 Å². The number of aromatic hydroxyl groups is 1. The van der Waals surface area contributed by atoms with Crippen LogP contribution in [0.2, 0.25) is 5.02 Å². The van der Waals surface area contributed by atoms with E-state index >= 15 is 4.79 Å². The van der Waals surface area contributed by atoms with Crippen molar-refractivity contribution in [3.05, 3.63) is 139 Å². The fourth-order valence-corrected chi connectivity index (χ4v) is 9.68. The van der Waals surface area contributed by atoms with Crippen molar-refractivity contribution < 1.29 is 34.1 Å². The first-order valence-electron chi connectivity index (χ1n) is 17.5. The van der Waals surface area contributed by atoms with E-state index in [9.17, 15) is 39.7 Å². The number of imide groups is 2. The molecule has 0 spiro atoms. The predicted molar refractivity (Wildman–Crippen MR) is 201 cm³/mol. The molecular weight excluding hydrogens is 730 g/mol. The predicted octanol–water partition coefficient (Wildman–Crippen LogP) is 6.30. The third-order valence-electron chi connectivity index (χ3n) is 11.5. The Morgan fingerprint density at radius 2 is 1.44 bits per heavy atom. The second-order valence-electron chi connectivity index (χ2n) is 14.4. The fraction of sp³-hybridized carbons (Fsp3) is 0.250. The maximum atomic E-state index is 15.3. The van der Waals surface area contributed by atoms with Gasteiger partial charge in [0.2, 0.25) is 23.6 Å². The fourth-order valence-electron chi connectivity index (χ4n) is 9.50. The molecule has 0 aromatic heterocycles. The van der Waals surface area contributed by atoms with Crippen molar-refractivity contribution in [1.29, 1.82) is 0 Å². The largest absolute Gasteiger partial charge is 0.508 e. The summed E-state index contributed by atoms with van der Waals surface area (Å²) in [6, 6.07) is 23.7. The van der Waals surface area contributed by atoms with E-state index in [1.165, 1.54) is 37.2 Å². The summed E-state index contributed by atoms with van der Waals surface area (Å²) in [5.41, 5.74) is -1.35. The molecule has 8 rings (SSSR count). The lowest BCUT2D eigenvalue weighted by atomic mass is 9.49. The Morgan fingerprint density at radius 3 is 2.04 bits per heavy atom. The van der Waals surface area contributed by atoms with E-state index in [1.807, 2.05) is 6.08 Å². The minimum atomic E-state index is -1.53. The molecule has 4 aromatic rings. The molecule has 0 bridgehead atoms. The Morgan fingerprint density at radius 1 is 0.782 bits per heavy atom. The molecular formula is C40H32ClN5O9. The van der Waals surface area contributed by atoms with Crippen LogP contribution in [0.4, 0.5) is 28.4 Å². The Hall–Kier alpha value is -6.41. The highest BCUT2D eigenvalue weighted by molar-refractivity contribution is 6.32. The van der Waals surface area contributed by atoms with Crippen LogP contribution in [0, 0.1) is 43.9 Å². The molecule has 6 atom stereocenters. The molecule has 6 unspecified atom stereocenters. The van der Waals surface area contributed by atoms with Gasteiger partial charge in [-0.2, -0.15) is 0 Å². The number of anilines is 3. The van der Waals surface area contributed by atoms with Crippen molar-refractivity contribution in [2.45, 2.75) is 24.2 Å². The number of hydrogen-bond donors (Lipinski definition) is 1. The molecule has 4 amide bonds. The Balaban J connectivity index is 1.31. The number of halogens is 1. The number of rotatable bonds is 7. The van der Waals surface area contributed by atoms with Crippen LogP contribution in [0.15, 0.2) is 103 Å². The van der Waals surface area contributed by atoms with Gasteiger partial charge in [0.1, 0.15) is 5.75 Å². The zero-order valence-electron chi connectivity index (χ0n) is 29.4. The van der Waals surface area contributed by atoms with Crippen molar-refractivity contribution in [2.24, 2.45) is 23.7 Å². The average molecular weight is 762 g/mol. The molecule has 2 saturated heterocycles. The van der Waals surface area contributed by atoms with Gasteiger partial charge < -0.3 is 10.0 Å². The second-order valence-corrected chi connectivity index (χ2v) is 14.9. The highest BCUT2D eigenvalue weighted by Crippen LogP contribution is 2.64. The quantitative estimate of drug-likeness (QED) is 0.0971. The zero-order valence-corrected chi connectivity index (χ0v) is 30.1. The molecule has 1 saturated carbocycles. The first-order valence-corrected chi connectivity index (χ1v) is 17.9. The maximum absolute atomic E-state index is 15.3. The standard InChI is InChI=1S/C40H32ClN5O9/c1-42(2)35-31(45(52)53)18-25(19-32(35)46(54)55)43-36(48)28-16-15-27-29(33(28)38(43)50)20-30-37(49)44(24-10-6-9-23(41)17-24)39(51)40(30,22-7-4-3-5-8-22)34(27)21-11-13-26(47)14-12-21/h3-15,17-19,28-30,33-34,47H,16,20H2,1-2H3. The summed E-state index contributed by atoms with van der Waals surface area (Å²) >= 11 is 6.36. The van der Waals surface area contributed by atoms with Crippen LogP contribution >= 0.6 is 11.6 Å². The van der Waals surface area contributed by atoms with Crippen molar-refractivity contribution in [1.82, 2.24) is 0 Å². The number of hydrogen-bond acceptors (Lipinski definition) is 10. The molecule has 14 nitrogen and oxygen atoms in total. The molecule has 3 fully saturated rings. The molecule has 15 heteroatoms. The van der Waals surface area contributed by atoms with E-state index in [-0.39, 0.29) is 35.7 Å². The first kappa shape index (κ1) is 35.6. The first-order chi connectivity index (χ1) is 26.3. The lowest BCUT2D eigenvalue weighted by Gasteiger charge is -2.50. The molecule has 4 aromatic carbocycles. The van der Waals surface area contributed by atoms with Crippen LogP contribution in [0.25, 0.3) is 0 Å². The van der Waals surface area contributed by atoms with Crippen molar-refractivity contribution in [3.63, 3.8) is 0 Å². The number of benzene rings is 4. The Kier molecular flexibility index (Phi) is 8.33. The van der Waals surface area contributed by atoms with Gasteiger partial charge in [0.25, 0.3) is 0 Å². The van der Waals surface area contributed by atoms with Gasteiger partial charge in [-0.15, -0.1) is 0 Å². The third-order valence-corrected chi connectivity index (χ3v) is 11.8. The lowest BCUT2D eigenvalue weighted by molar-refractivity contribution is -0.392. The monoisotopic (exact) mass is 761 g/mol. The van der Waals surface area contributed by atoms with Gasteiger partial charge in [-0.05, 0) is 60.2 Å². The topological polar surface area (TPSA) is 185 Å². The number of carbonyl (C=O) groups is 4. The molecule has 4 aliphatic rings. The molecule has 1 N–H and O–H groups in total. The van der Waals surface area contributed by atoms with Gasteiger partial charge in [0, 0.05) is 37.2 Å². The van der Waals surface area contributed by atoms with E-state index in [4.69, 9.17) is 11.6 Å². The Labute approximate surface area is 318 Å². The summed E-state index contributed by atoms with van der Waals surface area (Å²) in [6.07, 6.45) is 1.89. The molecule has 2 heterocycles. The number of nitro benzene ring substituents is 2. The average Bonchev–Trinajstić information content (AvgIpc) is 3.55. The molecule has 2 aliphatic carbocycles. The van der Waals surface area contributed by atoms with Crippen LogP contribution < -0.4 is 14.7 Å². The number of nitrogens with zero attached hydrogens (tertiary/aromatic N) is 5. The Bertz CT molecular complexity index is 2350. The number of fused-ring (bicyclic) bond motifs is 4. The normalized spacial score (nSPS) is 25.7. The summed E-state index contributed by atoms with van der Waals surface area (Å²) in [5, 5.41) is 35.0. The van der Waals surface area contributed by atoms with Crippen LogP contribution in [0.5, 0.6) is 5.75 Å². The van der Waals surface area contributed by atoms with Crippen LogP contribution in [0.3, 0.4) is 0 Å². The van der Waals surface area contributed by atoms with Gasteiger partial charge >= 0.3 is 11.4 Å². The van der Waals surface area contributed by atoms with Crippen LogP contribution in [-0.2, 0) is 24.6 Å². The van der Waals surface area contributed by atoms with Crippen LogP contribution in [0.1, 0.15) is 29.9 Å². The van der Waals surface area contributed by atoms with E-state index in [2.05, 4.69) is 0 Å². The molecule has 2 aliphatic heterocycles. The van der Waals surface area contributed by atoms with Gasteiger partial charge in [-0.1, -0.05) is 71.8 Å². The van der Waals surface area contributed by atoms with E-state index in [0.717, 1.165) is 21.9 Å². The van der Waals surface area contributed by atoms with E-state index < -0.39 is 79.9 Å². The summed E-state index contributed by atoms with van der Waals surface area (Å²) in [5.74, 6) is -7.09.